The highest BCUT2D eigenvalue weighted by atomic mass is 16.5. The molecule has 134 valence electrons. The molecule has 0 fully saturated rings. The van der Waals surface area contributed by atoms with Crippen molar-refractivity contribution >= 4 is 11.4 Å². The molecule has 0 radical (unpaired) electrons. The van der Waals surface area contributed by atoms with Crippen molar-refractivity contribution in [1.29, 1.82) is 0 Å². The summed E-state index contributed by atoms with van der Waals surface area (Å²) in [6, 6.07) is 1.85. The Kier molecular flexibility index (Phi) is 3.34. The van der Waals surface area contributed by atoms with Gasteiger partial charge < -0.3 is 9.47 Å². The molecule has 0 N–H and O–H groups in total. The monoisotopic (exact) mass is 365 g/mol. The van der Waals surface area contributed by atoms with Crippen LogP contribution >= 0.6 is 0 Å². The number of fused-ring (bicyclic) bond motifs is 1. The lowest BCUT2D eigenvalue weighted by Gasteiger charge is -2.09. The average Bonchev–Trinajstić information content (AvgIpc) is 3.24. The van der Waals surface area contributed by atoms with Crippen LogP contribution in [0.25, 0.3) is 5.65 Å². The molecule has 0 aliphatic heterocycles. The van der Waals surface area contributed by atoms with Gasteiger partial charge in [-0.15, -0.1) is 0 Å². The van der Waals surface area contributed by atoms with Crippen LogP contribution in [0.1, 0.15) is 21.5 Å². The molecule has 0 unspecified atom stereocenters. The maximum atomic E-state index is 13.0. The van der Waals surface area contributed by atoms with Crippen LogP contribution in [0.5, 0.6) is 17.2 Å². The molecule has 4 aromatic heterocycles. The van der Waals surface area contributed by atoms with E-state index in [9.17, 15) is 4.79 Å². The molecule has 0 saturated heterocycles. The van der Waals surface area contributed by atoms with Crippen LogP contribution in [-0.4, -0.2) is 37.5 Å². The molecule has 4 heterocycles. The van der Waals surface area contributed by atoms with Gasteiger partial charge >= 0.3 is 0 Å². The van der Waals surface area contributed by atoms with Gasteiger partial charge in [-0.25, -0.2) is 9.50 Å². The number of aromatic nitrogens is 5. The molecule has 0 aromatic carbocycles. The van der Waals surface area contributed by atoms with Crippen LogP contribution in [0.2, 0.25) is 0 Å². The van der Waals surface area contributed by atoms with E-state index in [1.807, 2.05) is 0 Å². The lowest BCUT2D eigenvalue weighted by atomic mass is 10.1. The summed E-state index contributed by atoms with van der Waals surface area (Å²) in [5.41, 5.74) is 0.388. The first-order chi connectivity index (χ1) is 14.9. The van der Waals surface area contributed by atoms with Crippen molar-refractivity contribution in [3.63, 3.8) is 0 Å². The number of methoxy groups -OCH3 is 1. The van der Waals surface area contributed by atoms with E-state index in [-0.39, 0.29) is 29.4 Å². The standard InChI is InChI=1S/C19H15N5O3/c1-26-14-7-15(10-20-9-14)27-16-8-17(19-22-12-23-24(19)11-16)18(25)6-13-4-2-3-5-21-13/h2-5,7-12H,6H2,1H3/i2D,3D,4D,5D. The number of Topliss-reactive ketones (excluding diaryl/α,β-unsaturated/α-hetero) is 1. The molecule has 27 heavy (non-hydrogen) atoms. The van der Waals surface area contributed by atoms with Crippen molar-refractivity contribution < 1.29 is 19.8 Å². The predicted octanol–water partition coefficient (Wildman–Crippen LogP) is 2.75. The summed E-state index contributed by atoms with van der Waals surface area (Å²) in [5, 5.41) is 4.06. The van der Waals surface area contributed by atoms with Crippen LogP contribution < -0.4 is 9.47 Å². The number of carbonyl (C=O) groups is 1. The third-order valence-corrected chi connectivity index (χ3v) is 3.65. The maximum absolute atomic E-state index is 13.0. The molecule has 0 amide bonds. The number of rotatable bonds is 6. The molecule has 0 aliphatic carbocycles. The first-order valence-electron chi connectivity index (χ1n) is 9.84. The van der Waals surface area contributed by atoms with Crippen molar-refractivity contribution in [2.24, 2.45) is 0 Å². The summed E-state index contributed by atoms with van der Waals surface area (Å²) in [4.78, 5) is 25.0. The highest BCUT2D eigenvalue weighted by Gasteiger charge is 2.16. The predicted molar refractivity (Wildman–Crippen MR) is 96.1 cm³/mol. The van der Waals surface area contributed by atoms with Gasteiger partial charge in [-0.2, -0.15) is 5.10 Å². The Bertz CT molecular complexity index is 1310. The van der Waals surface area contributed by atoms with Crippen LogP contribution in [0.3, 0.4) is 0 Å². The summed E-state index contributed by atoms with van der Waals surface area (Å²) < 4.78 is 43.3. The molecular formula is C19H15N5O3. The normalized spacial score (nSPS) is 12.8. The minimum absolute atomic E-state index is 0.0583. The molecule has 0 spiro atoms. The Labute approximate surface area is 160 Å². The summed E-state index contributed by atoms with van der Waals surface area (Å²) in [7, 11) is 1.51. The molecule has 0 atom stereocenters. The van der Waals surface area contributed by atoms with Gasteiger partial charge in [0.05, 0.1) is 43.2 Å². The Morgan fingerprint density at radius 1 is 1.19 bits per heavy atom. The molecule has 4 rings (SSSR count). The van der Waals surface area contributed by atoms with Crippen molar-refractivity contribution in [1.82, 2.24) is 24.6 Å². The van der Waals surface area contributed by atoms with E-state index in [1.54, 1.807) is 12.3 Å². The first kappa shape index (κ1) is 12.5. The van der Waals surface area contributed by atoms with Gasteiger partial charge in [0.25, 0.3) is 0 Å². The van der Waals surface area contributed by atoms with Gasteiger partial charge in [0.1, 0.15) is 23.6 Å². The second-order valence-corrected chi connectivity index (χ2v) is 5.43. The van der Waals surface area contributed by atoms with Gasteiger partial charge in [-0.05, 0) is 18.2 Å². The van der Waals surface area contributed by atoms with E-state index in [0.29, 0.717) is 17.2 Å². The molecule has 8 heteroatoms. The maximum Gasteiger partial charge on any atom is 0.172 e. The van der Waals surface area contributed by atoms with Gasteiger partial charge in [-0.1, -0.05) is 6.04 Å². The lowest BCUT2D eigenvalue weighted by Crippen LogP contribution is -2.08. The van der Waals surface area contributed by atoms with Crippen molar-refractivity contribution in [3.05, 3.63) is 72.6 Å². The zero-order chi connectivity index (χ0) is 22.1. The summed E-state index contributed by atoms with van der Waals surface area (Å²) in [6.45, 7) is 0. The van der Waals surface area contributed by atoms with Gasteiger partial charge in [0.2, 0.25) is 0 Å². The number of carbonyl (C=O) groups excluding carboxylic acids is 1. The van der Waals surface area contributed by atoms with Crippen LogP contribution in [-0.2, 0) is 6.42 Å². The fourth-order valence-electron chi connectivity index (χ4n) is 2.45. The van der Waals surface area contributed by atoms with Gasteiger partial charge in [0.15, 0.2) is 11.4 Å². The molecule has 8 nitrogen and oxygen atoms in total. The Morgan fingerprint density at radius 2 is 2.07 bits per heavy atom. The Balaban J connectivity index is 1.70. The Morgan fingerprint density at radius 3 is 2.96 bits per heavy atom. The van der Waals surface area contributed by atoms with Crippen LogP contribution in [0.15, 0.2) is 61.4 Å². The second-order valence-electron chi connectivity index (χ2n) is 5.43. The summed E-state index contributed by atoms with van der Waals surface area (Å²) >= 11 is 0. The lowest BCUT2D eigenvalue weighted by molar-refractivity contribution is 0.0992. The molecule has 0 bridgehead atoms. The molecular weight excluding hydrogens is 346 g/mol. The third-order valence-electron chi connectivity index (χ3n) is 3.65. The minimum atomic E-state index is -0.459. The number of hydrogen-bond donors (Lipinski definition) is 0. The summed E-state index contributed by atoms with van der Waals surface area (Å²) in [6.07, 6.45) is 5.04. The van der Waals surface area contributed by atoms with E-state index < -0.39 is 24.0 Å². The van der Waals surface area contributed by atoms with Crippen LogP contribution in [0, 0.1) is 0 Å². The average molecular weight is 365 g/mol. The highest BCUT2D eigenvalue weighted by Crippen LogP contribution is 2.26. The number of hydrogen-bond acceptors (Lipinski definition) is 7. The third kappa shape index (κ3) is 3.59. The molecule has 4 aromatic rings. The highest BCUT2D eigenvalue weighted by molar-refractivity contribution is 6.02. The fraction of sp³-hybridized carbons (Fsp3) is 0.105. The van der Waals surface area contributed by atoms with Gasteiger partial charge in [-0.3, -0.25) is 14.8 Å². The van der Waals surface area contributed by atoms with E-state index in [0.717, 1.165) is 0 Å². The smallest absolute Gasteiger partial charge is 0.172 e. The zero-order valence-electron chi connectivity index (χ0n) is 18.1. The SMILES string of the molecule is [2H]c1nc(CC(=O)c2cc(Oc3cncc(OC)c3)cn3ncnc23)c([2H])c([2H])c1[2H]. The number of nitrogens with zero attached hydrogens (tertiary/aromatic N) is 5. The van der Waals surface area contributed by atoms with Crippen LogP contribution in [0.4, 0.5) is 0 Å². The van der Waals surface area contributed by atoms with E-state index in [2.05, 4.69) is 20.1 Å². The largest absolute Gasteiger partial charge is 0.495 e. The van der Waals surface area contributed by atoms with Crippen molar-refractivity contribution in [3.8, 4) is 17.2 Å². The number of ether oxygens (including phenoxy) is 2. The topological polar surface area (TPSA) is 91.5 Å². The van der Waals surface area contributed by atoms with Gasteiger partial charge in [0, 0.05) is 17.9 Å². The zero-order valence-corrected chi connectivity index (χ0v) is 14.1. The first-order valence-corrected chi connectivity index (χ1v) is 7.84. The molecule has 0 aliphatic rings. The van der Waals surface area contributed by atoms with Crippen molar-refractivity contribution in [2.45, 2.75) is 6.42 Å². The second kappa shape index (κ2) is 7.20. The fourth-order valence-corrected chi connectivity index (χ4v) is 2.45. The summed E-state index contributed by atoms with van der Waals surface area (Å²) in [5.74, 6) is 0.722. The number of ketones is 1. The Hall–Kier alpha value is -3.81. The number of pyridine rings is 3. The molecule has 0 saturated carbocycles. The quantitative estimate of drug-likeness (QED) is 0.485. The van der Waals surface area contributed by atoms with E-state index >= 15 is 0 Å². The van der Waals surface area contributed by atoms with Crippen molar-refractivity contribution in [2.75, 3.05) is 7.11 Å². The van der Waals surface area contributed by atoms with E-state index in [1.165, 1.54) is 36.4 Å². The minimum Gasteiger partial charge on any atom is -0.495 e. The van der Waals surface area contributed by atoms with E-state index in [4.69, 9.17) is 15.0 Å².